The van der Waals surface area contributed by atoms with Gasteiger partial charge in [0.05, 0.1) is 6.57 Å². The van der Waals surface area contributed by atoms with Gasteiger partial charge in [-0.2, -0.15) is 0 Å². The molecule has 5 nitrogen and oxygen atoms in total. The Balaban J connectivity index is 1.67. The number of allylic oxidation sites excluding steroid dienone is 4. The molecule has 5 aliphatic carbocycles. The molecule has 0 saturated heterocycles. The molecule has 0 spiro atoms. The molecule has 0 radical (unpaired) electrons. The molecule has 7 atom stereocenters. The van der Waals surface area contributed by atoms with Crippen molar-refractivity contribution in [3.05, 3.63) is 34.8 Å². The van der Waals surface area contributed by atoms with Crippen LogP contribution in [0, 0.1) is 56.8 Å². The molecule has 0 bridgehead atoms. The quantitative estimate of drug-likeness (QED) is 0.399. The lowest BCUT2D eigenvalue weighted by Crippen LogP contribution is -2.65. The molecule has 212 valence electrons. The number of hydrogen-bond donors (Lipinski definition) is 1. The Labute approximate surface area is 234 Å². The fourth-order valence-electron chi connectivity index (χ4n) is 10.6. The van der Waals surface area contributed by atoms with Gasteiger partial charge in [-0.1, -0.05) is 60.1 Å². The van der Waals surface area contributed by atoms with E-state index in [4.69, 9.17) is 6.57 Å². The zero-order valence-corrected chi connectivity index (χ0v) is 25.1. The van der Waals surface area contributed by atoms with E-state index in [1.165, 1.54) is 0 Å². The molecule has 0 aromatic rings. The second-order valence-electron chi connectivity index (χ2n) is 15.6. The fourth-order valence-corrected chi connectivity index (χ4v) is 10.6. The minimum Gasteiger partial charge on any atom is -0.396 e. The van der Waals surface area contributed by atoms with Crippen LogP contribution in [0.3, 0.4) is 0 Å². The van der Waals surface area contributed by atoms with Crippen LogP contribution in [0.2, 0.25) is 0 Å². The van der Waals surface area contributed by atoms with Gasteiger partial charge >= 0.3 is 0 Å². The van der Waals surface area contributed by atoms with Gasteiger partial charge in [-0.15, -0.1) is 0 Å². The lowest BCUT2D eigenvalue weighted by molar-refractivity contribution is -0.177. The van der Waals surface area contributed by atoms with Crippen molar-refractivity contribution in [3.8, 4) is 0 Å². The normalized spacial score (nSPS) is 44.0. The van der Waals surface area contributed by atoms with Crippen molar-refractivity contribution in [2.45, 2.75) is 106 Å². The standard InChI is InChI=1S/C34H47NO4/c1-29(2)13-15-34(26(38)10-9-17-36)16-14-33(7)27(21(34)19-29)23(37)18-25-31(5)20-22(35-8)28(39)30(3,4)24(31)11-12-32(25,33)6/h18,20-21,24,27,36H,9-17,19H2,1-7H3/t21-,24-,27-,31-,32+,33+,34-/m0/s1. The summed E-state index contributed by atoms with van der Waals surface area (Å²) >= 11 is 0. The molecule has 1 N–H and O–H groups in total. The van der Waals surface area contributed by atoms with Gasteiger partial charge in [-0.05, 0) is 85.5 Å². The summed E-state index contributed by atoms with van der Waals surface area (Å²) in [6.45, 7) is 23.1. The number of Topliss-reactive ketones (excluding diaryl/α,β-unsaturated/α-hetero) is 2. The number of nitrogens with zero attached hydrogens (tertiary/aromatic N) is 1. The second-order valence-corrected chi connectivity index (χ2v) is 15.6. The topological polar surface area (TPSA) is 75.8 Å². The first-order valence-corrected chi connectivity index (χ1v) is 15.1. The van der Waals surface area contributed by atoms with Crippen molar-refractivity contribution in [1.82, 2.24) is 0 Å². The summed E-state index contributed by atoms with van der Waals surface area (Å²) in [7, 11) is 0. The number of carbonyl (C=O) groups is 3. The molecule has 0 unspecified atom stereocenters. The second kappa shape index (κ2) is 8.72. The highest BCUT2D eigenvalue weighted by molar-refractivity contribution is 6.03. The summed E-state index contributed by atoms with van der Waals surface area (Å²) in [5, 5.41) is 9.47. The number of aliphatic hydroxyl groups is 1. The molecular formula is C34H47NO4. The lowest BCUT2D eigenvalue weighted by Gasteiger charge is -2.69. The van der Waals surface area contributed by atoms with Gasteiger partial charge in [0.25, 0.3) is 0 Å². The van der Waals surface area contributed by atoms with E-state index in [1.54, 1.807) is 0 Å². The zero-order chi connectivity index (χ0) is 28.8. The highest BCUT2D eigenvalue weighted by Gasteiger charge is 2.70. The van der Waals surface area contributed by atoms with Crippen LogP contribution in [-0.4, -0.2) is 29.1 Å². The van der Waals surface area contributed by atoms with E-state index >= 15 is 0 Å². The predicted octanol–water partition coefficient (Wildman–Crippen LogP) is 6.90. The first-order chi connectivity index (χ1) is 18.0. The molecule has 0 aliphatic heterocycles. The molecule has 0 heterocycles. The van der Waals surface area contributed by atoms with Crippen LogP contribution in [0.4, 0.5) is 0 Å². The maximum absolute atomic E-state index is 14.5. The van der Waals surface area contributed by atoms with Crippen molar-refractivity contribution < 1.29 is 19.5 Å². The van der Waals surface area contributed by atoms with E-state index in [2.05, 4.69) is 39.5 Å². The summed E-state index contributed by atoms with van der Waals surface area (Å²) in [5.41, 5.74) is -0.882. The minimum atomic E-state index is -0.666. The smallest absolute Gasteiger partial charge is 0.226 e. The molecule has 39 heavy (non-hydrogen) atoms. The summed E-state index contributed by atoms with van der Waals surface area (Å²) in [6.07, 6.45) is 10.8. The van der Waals surface area contributed by atoms with Crippen molar-refractivity contribution in [2.24, 2.45) is 50.2 Å². The first kappa shape index (κ1) is 28.5. The van der Waals surface area contributed by atoms with Crippen LogP contribution in [0.25, 0.3) is 4.85 Å². The van der Waals surface area contributed by atoms with E-state index in [0.29, 0.717) is 12.8 Å². The fraction of sp³-hybridized carbons (Fsp3) is 0.765. The molecule has 0 aromatic heterocycles. The summed E-state index contributed by atoms with van der Waals surface area (Å²) in [5.74, 6) is 0.119. The van der Waals surface area contributed by atoms with Gasteiger partial charge in [0.1, 0.15) is 5.78 Å². The number of ketones is 3. The lowest BCUT2D eigenvalue weighted by atomic mass is 9.34. The third-order valence-electron chi connectivity index (χ3n) is 13.0. The Morgan fingerprint density at radius 2 is 1.69 bits per heavy atom. The molecule has 5 aliphatic rings. The Morgan fingerprint density at radius 3 is 2.33 bits per heavy atom. The van der Waals surface area contributed by atoms with Crippen LogP contribution >= 0.6 is 0 Å². The number of hydrogen-bond acceptors (Lipinski definition) is 4. The van der Waals surface area contributed by atoms with Gasteiger partial charge in [-0.25, -0.2) is 4.85 Å². The van der Waals surface area contributed by atoms with Crippen molar-refractivity contribution in [2.75, 3.05) is 6.61 Å². The van der Waals surface area contributed by atoms with Crippen LogP contribution in [-0.2, 0) is 14.4 Å². The van der Waals surface area contributed by atoms with Gasteiger partial charge in [0.2, 0.25) is 5.70 Å². The Hall–Kier alpha value is -2.06. The molecule has 0 aromatic carbocycles. The van der Waals surface area contributed by atoms with E-state index in [-0.39, 0.29) is 63.7 Å². The minimum absolute atomic E-state index is 0.00225. The van der Waals surface area contributed by atoms with E-state index in [9.17, 15) is 19.5 Å². The van der Waals surface area contributed by atoms with Crippen LogP contribution < -0.4 is 0 Å². The van der Waals surface area contributed by atoms with Crippen LogP contribution in [0.1, 0.15) is 106 Å². The number of carbonyl (C=O) groups excluding carboxylic acids is 3. The SMILES string of the molecule is [C-]#[N+]C1=C[C@]2(C)C3=CC(=O)[C@@H]4[C@@H]5CC(C)(C)CC[C@]5(C(=O)CCCO)CC[C@@]4(C)[C@]3(C)CC[C@H]2C(C)(C)C1=O. The maximum Gasteiger partial charge on any atom is 0.226 e. The number of fused-ring (bicyclic) bond motifs is 7. The molecule has 0 amide bonds. The van der Waals surface area contributed by atoms with Crippen molar-refractivity contribution >= 4 is 17.3 Å². The molecule has 5 rings (SSSR count). The van der Waals surface area contributed by atoms with Crippen molar-refractivity contribution in [1.29, 1.82) is 0 Å². The summed E-state index contributed by atoms with van der Waals surface area (Å²) < 4.78 is 0. The highest BCUT2D eigenvalue weighted by atomic mass is 16.3. The van der Waals surface area contributed by atoms with Crippen molar-refractivity contribution in [3.63, 3.8) is 0 Å². The third-order valence-corrected chi connectivity index (χ3v) is 13.0. The Kier molecular flexibility index (Phi) is 6.36. The highest BCUT2D eigenvalue weighted by Crippen LogP contribution is 2.74. The van der Waals surface area contributed by atoms with Gasteiger partial charge in [0, 0.05) is 35.2 Å². The number of aliphatic hydroxyl groups excluding tert-OH is 1. The Bertz CT molecular complexity index is 1230. The van der Waals surface area contributed by atoms with Gasteiger partial charge < -0.3 is 9.90 Å². The molecule has 3 fully saturated rings. The van der Waals surface area contributed by atoms with Crippen LogP contribution in [0.15, 0.2) is 23.4 Å². The zero-order valence-electron chi connectivity index (χ0n) is 25.1. The maximum atomic E-state index is 14.5. The number of rotatable bonds is 4. The van der Waals surface area contributed by atoms with Gasteiger partial charge in [-0.3, -0.25) is 9.59 Å². The van der Waals surface area contributed by atoms with E-state index < -0.39 is 16.2 Å². The summed E-state index contributed by atoms with van der Waals surface area (Å²) in [4.78, 5) is 45.3. The third kappa shape index (κ3) is 3.62. The Morgan fingerprint density at radius 1 is 1.03 bits per heavy atom. The molecular weight excluding hydrogens is 486 g/mol. The van der Waals surface area contributed by atoms with E-state index in [0.717, 1.165) is 50.5 Å². The summed E-state index contributed by atoms with van der Waals surface area (Å²) in [6, 6.07) is 0. The van der Waals surface area contributed by atoms with E-state index in [1.807, 2.05) is 26.0 Å². The average molecular weight is 534 g/mol. The predicted molar refractivity (Wildman–Crippen MR) is 151 cm³/mol. The molecule has 5 heteroatoms. The molecule has 3 saturated carbocycles. The first-order valence-electron chi connectivity index (χ1n) is 15.1. The average Bonchev–Trinajstić information content (AvgIpc) is 2.86. The van der Waals surface area contributed by atoms with Gasteiger partial charge in [0.15, 0.2) is 11.6 Å². The van der Waals surface area contributed by atoms with Crippen LogP contribution in [0.5, 0.6) is 0 Å². The largest absolute Gasteiger partial charge is 0.396 e. The monoisotopic (exact) mass is 533 g/mol.